The molecule has 1 aromatic carbocycles. The molecule has 1 aliphatic rings. The zero-order valence-electron chi connectivity index (χ0n) is 11.7. The van der Waals surface area contributed by atoms with Crippen LogP contribution in [-0.2, 0) is 0 Å². The zero-order chi connectivity index (χ0) is 14.7. The first-order chi connectivity index (χ1) is 10.3. The van der Waals surface area contributed by atoms with Gasteiger partial charge in [0.2, 0.25) is 5.89 Å². The number of hydrogen-bond donors (Lipinski definition) is 1. The van der Waals surface area contributed by atoms with E-state index in [-0.39, 0.29) is 6.10 Å². The predicted octanol–water partition coefficient (Wildman–Crippen LogP) is 3.07. The van der Waals surface area contributed by atoms with Crippen LogP contribution < -0.4 is 14.8 Å². The normalized spacial score (nSPS) is 19.4. The Morgan fingerprint density at radius 2 is 2.33 bits per heavy atom. The Balaban J connectivity index is 1.87. The maximum atomic E-state index is 6.14. The average Bonchev–Trinajstić information content (AvgIpc) is 3.19. The lowest BCUT2D eigenvalue weighted by molar-refractivity contribution is 0.110. The second kappa shape index (κ2) is 6.37. The molecule has 1 unspecified atom stereocenters. The third kappa shape index (κ3) is 3.14. The molecule has 0 aliphatic carbocycles. The van der Waals surface area contributed by atoms with Crippen LogP contribution in [0.1, 0.15) is 18.4 Å². The van der Waals surface area contributed by atoms with Crippen molar-refractivity contribution in [2.24, 2.45) is 5.92 Å². The van der Waals surface area contributed by atoms with Crippen molar-refractivity contribution >= 4 is 11.6 Å². The summed E-state index contributed by atoms with van der Waals surface area (Å²) in [5.74, 6) is 2.13. The maximum Gasteiger partial charge on any atom is 0.235 e. The van der Waals surface area contributed by atoms with Crippen LogP contribution in [0.2, 0.25) is 5.02 Å². The molecule has 0 amide bonds. The smallest absolute Gasteiger partial charge is 0.235 e. The van der Waals surface area contributed by atoms with Gasteiger partial charge in [-0.2, -0.15) is 0 Å². The maximum absolute atomic E-state index is 6.14. The zero-order valence-corrected chi connectivity index (χ0v) is 12.5. The van der Waals surface area contributed by atoms with E-state index in [1.165, 1.54) is 0 Å². The summed E-state index contributed by atoms with van der Waals surface area (Å²) >= 11 is 5.98. The summed E-state index contributed by atoms with van der Waals surface area (Å²) in [6.07, 6.45) is 3.97. The fraction of sp³-hybridized carbons (Fsp3) is 0.400. The van der Waals surface area contributed by atoms with Crippen LogP contribution >= 0.6 is 11.6 Å². The molecule has 1 aliphatic heterocycles. The number of nitrogens with one attached hydrogen (secondary N) is 1. The van der Waals surface area contributed by atoms with Crippen molar-refractivity contribution < 1.29 is 13.9 Å². The number of oxazole rings is 1. The quantitative estimate of drug-likeness (QED) is 0.920. The molecule has 3 rings (SSSR count). The highest BCUT2D eigenvalue weighted by Gasteiger charge is 2.32. The highest BCUT2D eigenvalue weighted by Crippen LogP contribution is 2.37. The van der Waals surface area contributed by atoms with E-state index in [2.05, 4.69) is 10.3 Å². The molecule has 0 spiro atoms. The Labute approximate surface area is 128 Å². The van der Waals surface area contributed by atoms with Gasteiger partial charge in [-0.1, -0.05) is 11.6 Å². The molecule has 1 fully saturated rings. The minimum atomic E-state index is -0.245. The van der Waals surface area contributed by atoms with Crippen molar-refractivity contribution in [1.82, 2.24) is 10.3 Å². The van der Waals surface area contributed by atoms with Gasteiger partial charge in [0.25, 0.3) is 0 Å². The third-order valence-electron chi connectivity index (χ3n) is 3.60. The number of benzene rings is 1. The molecule has 0 saturated carbocycles. The van der Waals surface area contributed by atoms with Gasteiger partial charge in [0.1, 0.15) is 6.26 Å². The summed E-state index contributed by atoms with van der Waals surface area (Å²) in [7, 11) is 1.59. The fourth-order valence-corrected chi connectivity index (χ4v) is 2.70. The van der Waals surface area contributed by atoms with E-state index in [4.69, 9.17) is 25.5 Å². The van der Waals surface area contributed by atoms with E-state index < -0.39 is 0 Å². The highest BCUT2D eigenvalue weighted by molar-refractivity contribution is 6.30. The van der Waals surface area contributed by atoms with Gasteiger partial charge in [-0.15, -0.1) is 0 Å². The van der Waals surface area contributed by atoms with Crippen LogP contribution in [0.3, 0.4) is 0 Å². The SMILES string of the molecule is COc1cc(Cl)ccc1OC(c1ncco1)[C@H]1CCNC1. The second-order valence-electron chi connectivity index (χ2n) is 4.96. The number of methoxy groups -OCH3 is 1. The molecule has 5 nitrogen and oxygen atoms in total. The monoisotopic (exact) mass is 308 g/mol. The van der Waals surface area contributed by atoms with Crippen LogP contribution in [0.4, 0.5) is 0 Å². The number of nitrogens with zero attached hydrogens (tertiary/aromatic N) is 1. The number of rotatable bonds is 5. The molecule has 1 N–H and O–H groups in total. The van der Waals surface area contributed by atoms with Gasteiger partial charge in [-0.3, -0.25) is 0 Å². The summed E-state index contributed by atoms with van der Waals surface area (Å²) in [5, 5.41) is 3.94. The molecule has 0 bridgehead atoms. The van der Waals surface area contributed by atoms with Gasteiger partial charge in [-0.25, -0.2) is 4.98 Å². The van der Waals surface area contributed by atoms with Gasteiger partial charge >= 0.3 is 0 Å². The summed E-state index contributed by atoms with van der Waals surface area (Å²) in [4.78, 5) is 4.24. The Morgan fingerprint density at radius 3 is 3.00 bits per heavy atom. The van der Waals surface area contributed by atoms with E-state index >= 15 is 0 Å². The van der Waals surface area contributed by atoms with Crippen LogP contribution in [0.5, 0.6) is 11.5 Å². The van der Waals surface area contributed by atoms with E-state index in [0.717, 1.165) is 19.5 Å². The Kier molecular flexibility index (Phi) is 4.31. The molecule has 2 heterocycles. The number of halogens is 1. The molecule has 112 valence electrons. The van der Waals surface area contributed by atoms with Crippen molar-refractivity contribution in [2.45, 2.75) is 12.5 Å². The topological polar surface area (TPSA) is 56.5 Å². The van der Waals surface area contributed by atoms with E-state index in [9.17, 15) is 0 Å². The molecular formula is C15H17ClN2O3. The largest absolute Gasteiger partial charge is 0.493 e. The van der Waals surface area contributed by atoms with Gasteiger partial charge in [0.05, 0.1) is 13.3 Å². The first kappa shape index (κ1) is 14.2. The van der Waals surface area contributed by atoms with Crippen molar-refractivity contribution in [2.75, 3.05) is 20.2 Å². The highest BCUT2D eigenvalue weighted by atomic mass is 35.5. The first-order valence-corrected chi connectivity index (χ1v) is 7.26. The van der Waals surface area contributed by atoms with Crippen LogP contribution in [0.25, 0.3) is 0 Å². The second-order valence-corrected chi connectivity index (χ2v) is 5.39. The van der Waals surface area contributed by atoms with Crippen molar-refractivity contribution in [3.8, 4) is 11.5 Å². The number of hydrogen-bond acceptors (Lipinski definition) is 5. The molecule has 1 aromatic heterocycles. The molecule has 2 aromatic rings. The van der Waals surface area contributed by atoms with E-state index in [1.807, 2.05) is 0 Å². The first-order valence-electron chi connectivity index (χ1n) is 6.88. The molecular weight excluding hydrogens is 292 g/mol. The minimum absolute atomic E-state index is 0.245. The summed E-state index contributed by atoms with van der Waals surface area (Å²) in [6, 6.07) is 5.31. The van der Waals surface area contributed by atoms with E-state index in [0.29, 0.717) is 28.3 Å². The van der Waals surface area contributed by atoms with Gasteiger partial charge in [0, 0.05) is 23.6 Å². The summed E-state index contributed by atoms with van der Waals surface area (Å²) in [5.41, 5.74) is 0. The van der Waals surface area contributed by atoms with Crippen LogP contribution in [-0.4, -0.2) is 25.2 Å². The fourth-order valence-electron chi connectivity index (χ4n) is 2.53. The van der Waals surface area contributed by atoms with E-state index in [1.54, 1.807) is 37.8 Å². The molecule has 21 heavy (non-hydrogen) atoms. The summed E-state index contributed by atoms with van der Waals surface area (Å²) in [6.45, 7) is 1.85. The Morgan fingerprint density at radius 1 is 1.43 bits per heavy atom. The predicted molar refractivity (Wildman–Crippen MR) is 78.9 cm³/mol. The number of aromatic nitrogens is 1. The van der Waals surface area contributed by atoms with Gasteiger partial charge in [-0.05, 0) is 25.1 Å². The van der Waals surface area contributed by atoms with Gasteiger partial charge in [0.15, 0.2) is 17.6 Å². The molecule has 6 heteroatoms. The Bertz CT molecular complexity index is 583. The number of ether oxygens (including phenoxy) is 2. The average molecular weight is 309 g/mol. The molecule has 0 radical (unpaired) electrons. The Hall–Kier alpha value is -1.72. The summed E-state index contributed by atoms with van der Waals surface area (Å²) < 4.78 is 16.9. The van der Waals surface area contributed by atoms with Crippen molar-refractivity contribution in [3.05, 3.63) is 41.6 Å². The third-order valence-corrected chi connectivity index (χ3v) is 3.84. The van der Waals surface area contributed by atoms with Gasteiger partial charge < -0.3 is 19.2 Å². The van der Waals surface area contributed by atoms with Crippen molar-refractivity contribution in [3.63, 3.8) is 0 Å². The standard InChI is InChI=1S/C15H17ClN2O3/c1-19-13-8-11(16)2-3-12(13)21-14(10-4-5-17-9-10)15-18-6-7-20-15/h2-3,6-8,10,14,17H,4-5,9H2,1H3/t10-,14?/m0/s1. The van der Waals surface area contributed by atoms with Crippen LogP contribution in [0.15, 0.2) is 35.1 Å². The lowest BCUT2D eigenvalue weighted by Crippen LogP contribution is -2.21. The lowest BCUT2D eigenvalue weighted by atomic mass is 10.0. The van der Waals surface area contributed by atoms with Crippen LogP contribution in [0, 0.1) is 5.92 Å². The minimum Gasteiger partial charge on any atom is -0.493 e. The van der Waals surface area contributed by atoms with Crippen molar-refractivity contribution in [1.29, 1.82) is 0 Å². The molecule has 1 saturated heterocycles. The molecule has 2 atom stereocenters. The lowest BCUT2D eigenvalue weighted by Gasteiger charge is -2.22.